The maximum Gasteiger partial charge on any atom is 0.234 e. The van der Waals surface area contributed by atoms with Crippen LogP contribution in [0.25, 0.3) is 0 Å². The van der Waals surface area contributed by atoms with Crippen molar-refractivity contribution in [1.29, 1.82) is 0 Å². The zero-order valence-electron chi connectivity index (χ0n) is 8.94. The van der Waals surface area contributed by atoms with Gasteiger partial charge in [-0.1, -0.05) is 11.6 Å². The summed E-state index contributed by atoms with van der Waals surface area (Å²) < 4.78 is 0. The van der Waals surface area contributed by atoms with E-state index in [1.165, 1.54) is 0 Å². The van der Waals surface area contributed by atoms with Crippen LogP contribution in [0.5, 0.6) is 0 Å². The van der Waals surface area contributed by atoms with Crippen molar-refractivity contribution in [3.05, 3.63) is 23.4 Å². The molecule has 1 atom stereocenters. The summed E-state index contributed by atoms with van der Waals surface area (Å²) in [6.07, 6.45) is 2.29. The van der Waals surface area contributed by atoms with Gasteiger partial charge in [-0.2, -0.15) is 0 Å². The number of nitrogens with zero attached hydrogens (tertiary/aromatic N) is 1. The van der Waals surface area contributed by atoms with Crippen molar-refractivity contribution in [3.63, 3.8) is 0 Å². The molecule has 1 aromatic rings. The van der Waals surface area contributed by atoms with Crippen LogP contribution in [0, 0.1) is 0 Å². The highest BCUT2D eigenvalue weighted by molar-refractivity contribution is 7.99. The van der Waals surface area contributed by atoms with Gasteiger partial charge in [-0.25, -0.2) is 4.98 Å². The summed E-state index contributed by atoms with van der Waals surface area (Å²) in [6, 6.07) is 3.37. The standard InChI is InChI=1S/C10H14ClN3OS/c1-13-8(10(12)15)4-5-16-9-3-2-7(11)6-14-9/h2-3,6,8,13H,4-5H2,1H3,(H2,12,15). The molecule has 0 aliphatic rings. The number of nitrogens with two attached hydrogens (primary N) is 1. The molecule has 1 unspecified atom stereocenters. The van der Waals surface area contributed by atoms with Crippen molar-refractivity contribution in [1.82, 2.24) is 10.3 Å². The molecule has 0 saturated heterocycles. The minimum atomic E-state index is -0.327. The highest BCUT2D eigenvalue weighted by Crippen LogP contribution is 2.18. The molecular weight excluding hydrogens is 246 g/mol. The highest BCUT2D eigenvalue weighted by Gasteiger charge is 2.11. The number of hydrogen-bond acceptors (Lipinski definition) is 4. The molecule has 0 saturated carbocycles. The fourth-order valence-electron chi connectivity index (χ4n) is 1.16. The van der Waals surface area contributed by atoms with Gasteiger partial charge in [0.25, 0.3) is 0 Å². The van der Waals surface area contributed by atoms with E-state index < -0.39 is 0 Å². The summed E-state index contributed by atoms with van der Waals surface area (Å²) in [6.45, 7) is 0. The Bertz CT molecular complexity index is 344. The van der Waals surface area contributed by atoms with Crippen LogP contribution in [0.1, 0.15) is 6.42 Å². The monoisotopic (exact) mass is 259 g/mol. The lowest BCUT2D eigenvalue weighted by molar-refractivity contribution is -0.119. The molecular formula is C10H14ClN3OS. The minimum Gasteiger partial charge on any atom is -0.368 e. The van der Waals surface area contributed by atoms with Gasteiger partial charge in [-0.15, -0.1) is 11.8 Å². The molecule has 1 rings (SSSR count). The number of carbonyl (C=O) groups is 1. The normalized spacial score (nSPS) is 12.4. The van der Waals surface area contributed by atoms with Crippen molar-refractivity contribution < 1.29 is 4.79 Å². The molecule has 0 radical (unpaired) electrons. The molecule has 3 N–H and O–H groups in total. The Morgan fingerprint density at radius 1 is 1.69 bits per heavy atom. The van der Waals surface area contributed by atoms with Crippen LogP contribution in [0.4, 0.5) is 0 Å². The topological polar surface area (TPSA) is 68.0 Å². The van der Waals surface area contributed by atoms with Crippen molar-refractivity contribution in [2.45, 2.75) is 17.5 Å². The first kappa shape index (κ1) is 13.3. The van der Waals surface area contributed by atoms with Crippen LogP contribution >= 0.6 is 23.4 Å². The van der Waals surface area contributed by atoms with Gasteiger partial charge in [0.1, 0.15) is 0 Å². The highest BCUT2D eigenvalue weighted by atomic mass is 35.5. The van der Waals surface area contributed by atoms with Crippen LogP contribution < -0.4 is 11.1 Å². The summed E-state index contributed by atoms with van der Waals surface area (Å²) >= 11 is 7.29. The molecule has 16 heavy (non-hydrogen) atoms. The van der Waals surface area contributed by atoms with Crippen LogP contribution in [-0.4, -0.2) is 29.7 Å². The van der Waals surface area contributed by atoms with Crippen molar-refractivity contribution in [2.24, 2.45) is 5.73 Å². The van der Waals surface area contributed by atoms with E-state index in [9.17, 15) is 4.79 Å². The molecule has 6 heteroatoms. The predicted molar refractivity (Wildman–Crippen MR) is 66.6 cm³/mol. The van der Waals surface area contributed by atoms with E-state index in [2.05, 4.69) is 10.3 Å². The van der Waals surface area contributed by atoms with E-state index in [1.807, 2.05) is 6.07 Å². The smallest absolute Gasteiger partial charge is 0.234 e. The van der Waals surface area contributed by atoms with Crippen LogP contribution in [0.2, 0.25) is 5.02 Å². The van der Waals surface area contributed by atoms with Gasteiger partial charge < -0.3 is 11.1 Å². The molecule has 1 amide bonds. The SMILES string of the molecule is CNC(CCSc1ccc(Cl)cn1)C(N)=O. The number of thioether (sulfide) groups is 1. The van der Waals surface area contributed by atoms with Gasteiger partial charge in [0.05, 0.1) is 16.1 Å². The number of rotatable bonds is 6. The fraction of sp³-hybridized carbons (Fsp3) is 0.400. The fourth-order valence-corrected chi connectivity index (χ4v) is 2.12. The number of nitrogens with one attached hydrogen (secondary N) is 1. The number of hydrogen-bond donors (Lipinski definition) is 2. The van der Waals surface area contributed by atoms with Crippen LogP contribution in [0.15, 0.2) is 23.4 Å². The molecule has 0 aliphatic carbocycles. The zero-order chi connectivity index (χ0) is 12.0. The molecule has 0 aromatic carbocycles. The second kappa shape index (κ2) is 6.73. The summed E-state index contributed by atoms with van der Waals surface area (Å²) in [7, 11) is 1.72. The average Bonchev–Trinajstić information content (AvgIpc) is 2.26. The first-order valence-corrected chi connectivity index (χ1v) is 6.20. The molecule has 1 aromatic heterocycles. The summed E-state index contributed by atoms with van der Waals surface area (Å²) in [5.41, 5.74) is 5.20. The van der Waals surface area contributed by atoms with Gasteiger partial charge in [-0.05, 0) is 25.6 Å². The number of halogens is 1. The molecule has 0 aliphatic heterocycles. The Hall–Kier alpha value is -0.780. The second-order valence-electron chi connectivity index (χ2n) is 3.20. The Kier molecular flexibility index (Phi) is 5.59. The first-order valence-electron chi connectivity index (χ1n) is 4.84. The third kappa shape index (κ3) is 4.38. The lowest BCUT2D eigenvalue weighted by Crippen LogP contribution is -2.39. The Morgan fingerprint density at radius 2 is 2.44 bits per heavy atom. The van der Waals surface area contributed by atoms with Crippen LogP contribution in [0.3, 0.4) is 0 Å². The van der Waals surface area contributed by atoms with Crippen molar-refractivity contribution in [3.8, 4) is 0 Å². The summed E-state index contributed by atoms with van der Waals surface area (Å²) in [5, 5.41) is 4.38. The first-order chi connectivity index (χ1) is 7.63. The zero-order valence-corrected chi connectivity index (χ0v) is 10.5. The van der Waals surface area contributed by atoms with Crippen molar-refractivity contribution >= 4 is 29.3 Å². The van der Waals surface area contributed by atoms with Gasteiger partial charge in [0, 0.05) is 11.9 Å². The number of amides is 1. The van der Waals surface area contributed by atoms with E-state index in [4.69, 9.17) is 17.3 Å². The van der Waals surface area contributed by atoms with E-state index in [-0.39, 0.29) is 11.9 Å². The molecule has 88 valence electrons. The number of aromatic nitrogens is 1. The maximum absolute atomic E-state index is 10.9. The Balaban J connectivity index is 2.35. The van der Waals surface area contributed by atoms with Crippen LogP contribution in [-0.2, 0) is 4.79 Å². The number of primary amides is 1. The second-order valence-corrected chi connectivity index (χ2v) is 4.75. The molecule has 4 nitrogen and oxygen atoms in total. The largest absolute Gasteiger partial charge is 0.368 e. The number of pyridine rings is 1. The average molecular weight is 260 g/mol. The molecule has 0 spiro atoms. The number of likely N-dealkylation sites (N-methyl/N-ethyl adjacent to an activating group) is 1. The van der Waals surface area contributed by atoms with Gasteiger partial charge in [0.15, 0.2) is 0 Å². The third-order valence-corrected chi connectivity index (χ3v) is 3.25. The van der Waals surface area contributed by atoms with Gasteiger partial charge >= 0.3 is 0 Å². The molecule has 1 heterocycles. The lowest BCUT2D eigenvalue weighted by Gasteiger charge is -2.10. The minimum absolute atomic E-state index is 0.278. The maximum atomic E-state index is 10.9. The predicted octanol–water partition coefficient (Wildman–Crippen LogP) is 1.29. The van der Waals surface area contributed by atoms with E-state index in [0.717, 1.165) is 10.8 Å². The van der Waals surface area contributed by atoms with Gasteiger partial charge in [-0.3, -0.25) is 4.79 Å². The van der Waals surface area contributed by atoms with E-state index in [0.29, 0.717) is 11.4 Å². The van der Waals surface area contributed by atoms with Gasteiger partial charge in [0.2, 0.25) is 5.91 Å². The van der Waals surface area contributed by atoms with E-state index in [1.54, 1.807) is 31.1 Å². The van der Waals surface area contributed by atoms with E-state index >= 15 is 0 Å². The summed E-state index contributed by atoms with van der Waals surface area (Å²) in [4.78, 5) is 15.1. The molecule has 0 bridgehead atoms. The quantitative estimate of drug-likeness (QED) is 0.756. The Morgan fingerprint density at radius 3 is 2.94 bits per heavy atom. The van der Waals surface area contributed by atoms with Crippen molar-refractivity contribution in [2.75, 3.05) is 12.8 Å². The third-order valence-electron chi connectivity index (χ3n) is 2.05. The summed E-state index contributed by atoms with van der Waals surface area (Å²) in [5.74, 6) is 0.454. The Labute approximate surface area is 104 Å². The number of carbonyl (C=O) groups excluding carboxylic acids is 1. The lowest BCUT2D eigenvalue weighted by atomic mass is 10.2. The molecule has 0 fully saturated rings.